The Morgan fingerprint density at radius 2 is 2.47 bits per heavy atom. The van der Waals surface area contributed by atoms with Crippen LogP contribution in [0.4, 0.5) is 0 Å². The average Bonchev–Trinajstić information content (AvgIpc) is 2.96. The number of nitrogens with one attached hydrogen (secondary N) is 2. The van der Waals surface area contributed by atoms with Crippen molar-refractivity contribution in [3.63, 3.8) is 0 Å². The molecule has 0 fully saturated rings. The molecular formula is C9H13N7O. The number of aromatic nitrogens is 6. The Morgan fingerprint density at radius 1 is 1.65 bits per heavy atom. The van der Waals surface area contributed by atoms with Gasteiger partial charge in [-0.1, -0.05) is 12.1 Å². The minimum Gasteiger partial charge on any atom is -0.341 e. The first-order valence-corrected chi connectivity index (χ1v) is 5.24. The number of hydrogen-bond donors (Lipinski definition) is 2. The van der Waals surface area contributed by atoms with Crippen LogP contribution in [0.3, 0.4) is 0 Å². The molecule has 1 amide bonds. The molecule has 0 aliphatic rings. The first kappa shape index (κ1) is 11.2. The van der Waals surface area contributed by atoms with Gasteiger partial charge in [-0.05, 0) is 12.5 Å². The summed E-state index contributed by atoms with van der Waals surface area (Å²) in [6.07, 6.45) is 2.26. The summed E-state index contributed by atoms with van der Waals surface area (Å²) in [5.41, 5.74) is 0.493. The van der Waals surface area contributed by atoms with Gasteiger partial charge in [-0.15, -0.1) is 10.2 Å². The van der Waals surface area contributed by atoms with E-state index in [1.54, 1.807) is 19.3 Å². The maximum atomic E-state index is 11.9. The fourth-order valence-electron chi connectivity index (χ4n) is 1.50. The molecule has 0 aliphatic heterocycles. The number of aryl methyl sites for hydroxylation is 1. The van der Waals surface area contributed by atoms with Gasteiger partial charge >= 0.3 is 0 Å². The minimum absolute atomic E-state index is 0.207. The smallest absolute Gasteiger partial charge is 0.270 e. The van der Waals surface area contributed by atoms with E-state index in [9.17, 15) is 4.79 Å². The summed E-state index contributed by atoms with van der Waals surface area (Å²) in [7, 11) is 1.71. The number of nitrogens with zero attached hydrogens (tertiary/aromatic N) is 5. The van der Waals surface area contributed by atoms with E-state index in [1.807, 2.05) is 6.92 Å². The molecule has 90 valence electrons. The summed E-state index contributed by atoms with van der Waals surface area (Å²) >= 11 is 0. The third-order valence-corrected chi connectivity index (χ3v) is 2.44. The highest BCUT2D eigenvalue weighted by molar-refractivity contribution is 5.92. The van der Waals surface area contributed by atoms with E-state index in [4.69, 9.17) is 0 Å². The van der Waals surface area contributed by atoms with E-state index in [0.717, 1.165) is 0 Å². The summed E-state index contributed by atoms with van der Waals surface area (Å²) in [6.45, 7) is 1.94. The molecule has 2 rings (SSSR count). The summed E-state index contributed by atoms with van der Waals surface area (Å²) in [4.78, 5) is 11.9. The highest BCUT2D eigenvalue weighted by Gasteiger charge is 2.19. The van der Waals surface area contributed by atoms with Crippen molar-refractivity contribution in [3.05, 3.63) is 23.8 Å². The number of hydrogen-bond acceptors (Lipinski definition) is 5. The Balaban J connectivity index is 2.10. The van der Waals surface area contributed by atoms with Crippen molar-refractivity contribution < 1.29 is 4.79 Å². The number of carbonyl (C=O) groups is 1. The number of amides is 1. The van der Waals surface area contributed by atoms with Crippen LogP contribution in [0.15, 0.2) is 12.3 Å². The molecule has 0 saturated heterocycles. The number of rotatable bonds is 4. The molecule has 0 bridgehead atoms. The second kappa shape index (κ2) is 4.73. The van der Waals surface area contributed by atoms with Crippen LogP contribution in [0.25, 0.3) is 0 Å². The van der Waals surface area contributed by atoms with Crippen molar-refractivity contribution in [1.82, 2.24) is 35.7 Å². The summed E-state index contributed by atoms with van der Waals surface area (Å²) < 4.78 is 1.51. The molecule has 2 aromatic heterocycles. The van der Waals surface area contributed by atoms with E-state index in [2.05, 4.69) is 31.0 Å². The van der Waals surface area contributed by atoms with E-state index in [1.165, 1.54) is 4.68 Å². The summed E-state index contributed by atoms with van der Waals surface area (Å²) in [5, 5.41) is 20.3. The number of H-pyrrole nitrogens is 1. The normalized spacial score (nSPS) is 12.4. The number of tetrazole rings is 1. The number of carbonyl (C=O) groups excluding carboxylic acids is 1. The van der Waals surface area contributed by atoms with E-state index < -0.39 is 0 Å². The van der Waals surface area contributed by atoms with Crippen LogP contribution in [0.5, 0.6) is 0 Å². The van der Waals surface area contributed by atoms with Crippen LogP contribution in [-0.2, 0) is 7.05 Å². The predicted octanol–water partition coefficient (Wildman–Crippen LogP) is -0.186. The Hall–Kier alpha value is -2.25. The molecular weight excluding hydrogens is 222 g/mol. The Kier molecular flexibility index (Phi) is 3.12. The lowest BCUT2D eigenvalue weighted by molar-refractivity contribution is 0.0924. The quantitative estimate of drug-likeness (QED) is 0.765. The lowest BCUT2D eigenvalue weighted by atomic mass is 10.2. The molecule has 1 unspecified atom stereocenters. The van der Waals surface area contributed by atoms with Crippen molar-refractivity contribution >= 4 is 5.91 Å². The molecule has 0 radical (unpaired) electrons. The van der Waals surface area contributed by atoms with E-state index in [-0.39, 0.29) is 11.9 Å². The molecule has 1 atom stereocenters. The Bertz CT molecular complexity index is 489. The third kappa shape index (κ3) is 2.30. The Morgan fingerprint density at radius 3 is 3.00 bits per heavy atom. The summed E-state index contributed by atoms with van der Waals surface area (Å²) in [6, 6.07) is 1.40. The largest absolute Gasteiger partial charge is 0.341 e. The van der Waals surface area contributed by atoms with Gasteiger partial charge in [0.15, 0.2) is 5.82 Å². The van der Waals surface area contributed by atoms with Gasteiger partial charge in [0.25, 0.3) is 5.91 Å². The van der Waals surface area contributed by atoms with Crippen LogP contribution in [-0.4, -0.2) is 36.3 Å². The fraction of sp³-hybridized carbons (Fsp3) is 0.444. The molecule has 0 spiro atoms. The van der Waals surface area contributed by atoms with Crippen molar-refractivity contribution in [2.75, 3.05) is 0 Å². The van der Waals surface area contributed by atoms with Gasteiger partial charge in [0, 0.05) is 13.2 Å². The molecule has 2 aromatic rings. The number of aromatic amines is 1. The maximum absolute atomic E-state index is 11.9. The van der Waals surface area contributed by atoms with Crippen molar-refractivity contribution in [2.24, 2.45) is 7.05 Å². The lowest BCUT2D eigenvalue weighted by Gasteiger charge is -2.12. The van der Waals surface area contributed by atoms with Gasteiger partial charge < -0.3 is 5.32 Å². The van der Waals surface area contributed by atoms with Crippen LogP contribution in [0.2, 0.25) is 0 Å². The molecule has 0 aliphatic carbocycles. The lowest BCUT2D eigenvalue weighted by Crippen LogP contribution is -2.30. The molecule has 17 heavy (non-hydrogen) atoms. The molecule has 2 heterocycles. The maximum Gasteiger partial charge on any atom is 0.270 e. The topological polar surface area (TPSA) is 101 Å². The monoisotopic (exact) mass is 235 g/mol. The Labute approximate surface area is 97.4 Å². The van der Waals surface area contributed by atoms with Crippen LogP contribution in [0.1, 0.15) is 35.7 Å². The zero-order chi connectivity index (χ0) is 12.3. The predicted molar refractivity (Wildman–Crippen MR) is 57.9 cm³/mol. The van der Waals surface area contributed by atoms with Crippen LogP contribution in [0, 0.1) is 0 Å². The standard InChI is InChI=1S/C9H13N7O/c1-3-6(8-12-14-15-13-8)11-9(17)7-4-5-10-16(7)2/h4-6H,3H2,1-2H3,(H,11,17)(H,12,13,14,15). The fourth-order valence-corrected chi connectivity index (χ4v) is 1.50. The van der Waals surface area contributed by atoms with Gasteiger partial charge in [-0.2, -0.15) is 10.3 Å². The zero-order valence-corrected chi connectivity index (χ0v) is 9.58. The molecule has 2 N–H and O–H groups in total. The average molecular weight is 235 g/mol. The molecule has 8 heteroatoms. The van der Waals surface area contributed by atoms with Crippen molar-refractivity contribution in [1.29, 1.82) is 0 Å². The zero-order valence-electron chi connectivity index (χ0n) is 9.58. The van der Waals surface area contributed by atoms with Crippen LogP contribution >= 0.6 is 0 Å². The molecule has 8 nitrogen and oxygen atoms in total. The van der Waals surface area contributed by atoms with Crippen molar-refractivity contribution in [2.45, 2.75) is 19.4 Å². The summed E-state index contributed by atoms with van der Waals surface area (Å²) in [5.74, 6) is 0.268. The van der Waals surface area contributed by atoms with Gasteiger partial charge in [-0.25, -0.2) is 0 Å². The highest BCUT2D eigenvalue weighted by Crippen LogP contribution is 2.11. The van der Waals surface area contributed by atoms with Gasteiger partial charge in [0.2, 0.25) is 0 Å². The van der Waals surface area contributed by atoms with E-state index in [0.29, 0.717) is 17.9 Å². The van der Waals surface area contributed by atoms with Gasteiger partial charge in [0.1, 0.15) is 5.69 Å². The first-order valence-electron chi connectivity index (χ1n) is 5.24. The molecule has 0 aromatic carbocycles. The third-order valence-electron chi connectivity index (χ3n) is 2.44. The second-order valence-electron chi connectivity index (χ2n) is 3.54. The first-order chi connectivity index (χ1) is 8.22. The van der Waals surface area contributed by atoms with Crippen LogP contribution < -0.4 is 5.32 Å². The highest BCUT2D eigenvalue weighted by atomic mass is 16.2. The van der Waals surface area contributed by atoms with Crippen molar-refractivity contribution in [3.8, 4) is 0 Å². The second-order valence-corrected chi connectivity index (χ2v) is 3.54. The van der Waals surface area contributed by atoms with Gasteiger partial charge in [-0.3, -0.25) is 9.48 Å². The minimum atomic E-state index is -0.254. The molecule has 0 saturated carbocycles. The van der Waals surface area contributed by atoms with E-state index >= 15 is 0 Å². The van der Waals surface area contributed by atoms with Gasteiger partial charge in [0.05, 0.1) is 6.04 Å². The SMILES string of the molecule is CCC(NC(=O)c1ccnn1C)c1nn[nH]n1.